The lowest BCUT2D eigenvalue weighted by Gasteiger charge is -2.09. The van der Waals surface area contributed by atoms with Crippen LogP contribution in [0, 0.1) is 13.8 Å². The van der Waals surface area contributed by atoms with E-state index in [1.54, 1.807) is 18.6 Å². The van der Waals surface area contributed by atoms with Crippen LogP contribution in [0.3, 0.4) is 0 Å². The molecule has 0 spiro atoms. The summed E-state index contributed by atoms with van der Waals surface area (Å²) in [7, 11) is 1.85. The molecule has 0 aromatic carbocycles. The highest BCUT2D eigenvalue weighted by Crippen LogP contribution is 2.29. The first-order valence-electron chi connectivity index (χ1n) is 5.17. The first-order chi connectivity index (χ1) is 8.20. The van der Waals surface area contributed by atoms with Crippen molar-refractivity contribution in [1.82, 2.24) is 19.9 Å². The minimum absolute atomic E-state index is 0.742. The van der Waals surface area contributed by atoms with Gasteiger partial charge in [0.15, 0.2) is 0 Å². The lowest BCUT2D eigenvalue weighted by molar-refractivity contribution is 0.935. The van der Waals surface area contributed by atoms with Gasteiger partial charge in [-0.1, -0.05) is 0 Å². The lowest BCUT2D eigenvalue weighted by atomic mass is 10.3. The minimum atomic E-state index is 0.742. The summed E-state index contributed by atoms with van der Waals surface area (Å²) in [6.45, 7) is 3.87. The fourth-order valence-corrected chi connectivity index (χ4v) is 2.24. The van der Waals surface area contributed by atoms with Crippen LogP contribution in [-0.4, -0.2) is 27.0 Å². The Morgan fingerprint density at radius 1 is 1.18 bits per heavy atom. The maximum absolute atomic E-state index is 4.42. The maximum atomic E-state index is 4.42. The molecule has 0 atom stereocenters. The SMILES string of the molecule is CNc1nc(C)nc(Sc2cnccn2)c1C. The third-order valence-corrected chi connectivity index (χ3v) is 3.20. The summed E-state index contributed by atoms with van der Waals surface area (Å²) < 4.78 is 0. The number of nitrogens with one attached hydrogen (secondary N) is 1. The second-order valence-electron chi connectivity index (χ2n) is 3.45. The molecule has 2 heterocycles. The predicted molar refractivity (Wildman–Crippen MR) is 67.2 cm³/mol. The van der Waals surface area contributed by atoms with Crippen LogP contribution in [0.25, 0.3) is 0 Å². The van der Waals surface area contributed by atoms with E-state index >= 15 is 0 Å². The molecule has 1 N–H and O–H groups in total. The van der Waals surface area contributed by atoms with E-state index in [2.05, 4.69) is 25.3 Å². The zero-order valence-corrected chi connectivity index (χ0v) is 10.7. The highest BCUT2D eigenvalue weighted by molar-refractivity contribution is 7.99. The Kier molecular flexibility index (Phi) is 3.53. The fraction of sp³-hybridized carbons (Fsp3) is 0.273. The predicted octanol–water partition coefficient (Wildman–Crippen LogP) is 2.08. The summed E-state index contributed by atoms with van der Waals surface area (Å²) in [5, 5.41) is 4.80. The molecule has 0 radical (unpaired) electrons. The first-order valence-corrected chi connectivity index (χ1v) is 5.99. The topological polar surface area (TPSA) is 63.6 Å². The molecule has 0 unspecified atom stereocenters. The molecule has 0 aliphatic rings. The zero-order chi connectivity index (χ0) is 12.3. The van der Waals surface area contributed by atoms with E-state index in [1.807, 2.05) is 20.9 Å². The maximum Gasteiger partial charge on any atom is 0.133 e. The number of hydrogen-bond acceptors (Lipinski definition) is 6. The number of nitrogens with zero attached hydrogens (tertiary/aromatic N) is 4. The lowest BCUT2D eigenvalue weighted by Crippen LogP contribution is -2.02. The average molecular weight is 247 g/mol. The van der Waals surface area contributed by atoms with Gasteiger partial charge in [-0.25, -0.2) is 15.0 Å². The van der Waals surface area contributed by atoms with Gasteiger partial charge in [0.1, 0.15) is 21.7 Å². The molecule has 6 heteroatoms. The van der Waals surface area contributed by atoms with Gasteiger partial charge in [0.05, 0.1) is 6.20 Å². The standard InChI is InChI=1S/C11H13N5S/c1-7-10(12-3)15-8(2)16-11(7)17-9-6-13-4-5-14-9/h4-6H,1-3H3,(H,12,15,16). The Hall–Kier alpha value is -1.69. The van der Waals surface area contributed by atoms with Gasteiger partial charge in [0.25, 0.3) is 0 Å². The van der Waals surface area contributed by atoms with E-state index in [0.29, 0.717) is 0 Å². The molecular formula is C11H13N5S. The number of rotatable bonds is 3. The largest absolute Gasteiger partial charge is 0.373 e. The van der Waals surface area contributed by atoms with E-state index in [0.717, 1.165) is 27.3 Å². The molecule has 17 heavy (non-hydrogen) atoms. The second kappa shape index (κ2) is 5.09. The monoisotopic (exact) mass is 247 g/mol. The molecule has 0 bridgehead atoms. The van der Waals surface area contributed by atoms with Gasteiger partial charge in [-0.05, 0) is 25.6 Å². The number of aryl methyl sites for hydroxylation is 1. The molecule has 0 fully saturated rings. The molecular weight excluding hydrogens is 234 g/mol. The van der Waals surface area contributed by atoms with E-state index in [4.69, 9.17) is 0 Å². The minimum Gasteiger partial charge on any atom is -0.373 e. The third kappa shape index (κ3) is 2.71. The van der Waals surface area contributed by atoms with E-state index < -0.39 is 0 Å². The van der Waals surface area contributed by atoms with Crippen molar-refractivity contribution in [1.29, 1.82) is 0 Å². The summed E-state index contributed by atoms with van der Waals surface area (Å²) in [5.74, 6) is 1.59. The molecule has 0 saturated carbocycles. The highest BCUT2D eigenvalue weighted by Gasteiger charge is 2.10. The first kappa shape index (κ1) is 11.8. The molecule has 2 aromatic rings. The van der Waals surface area contributed by atoms with Crippen LogP contribution < -0.4 is 5.32 Å². The van der Waals surface area contributed by atoms with Crippen LogP contribution in [-0.2, 0) is 0 Å². The summed E-state index contributed by atoms with van der Waals surface area (Å²) in [6.07, 6.45) is 5.05. The zero-order valence-electron chi connectivity index (χ0n) is 9.93. The Morgan fingerprint density at radius 3 is 2.65 bits per heavy atom. The molecule has 2 rings (SSSR count). The molecule has 5 nitrogen and oxygen atoms in total. The van der Waals surface area contributed by atoms with Gasteiger partial charge in [-0.2, -0.15) is 0 Å². The summed E-state index contributed by atoms with van der Waals surface area (Å²) in [6, 6.07) is 0. The molecule has 0 saturated heterocycles. The smallest absolute Gasteiger partial charge is 0.133 e. The van der Waals surface area contributed by atoms with Gasteiger partial charge in [-0.15, -0.1) is 0 Å². The molecule has 2 aromatic heterocycles. The van der Waals surface area contributed by atoms with E-state index in [9.17, 15) is 0 Å². The van der Waals surface area contributed by atoms with Crippen LogP contribution in [0.1, 0.15) is 11.4 Å². The van der Waals surface area contributed by atoms with Gasteiger partial charge in [-0.3, -0.25) is 4.98 Å². The van der Waals surface area contributed by atoms with Crippen LogP contribution in [0.5, 0.6) is 0 Å². The van der Waals surface area contributed by atoms with Crippen LogP contribution >= 0.6 is 11.8 Å². The molecule has 0 amide bonds. The second-order valence-corrected chi connectivity index (χ2v) is 4.45. The Morgan fingerprint density at radius 2 is 2.00 bits per heavy atom. The van der Waals surface area contributed by atoms with E-state index in [1.165, 1.54) is 11.8 Å². The number of anilines is 1. The Balaban J connectivity index is 2.36. The van der Waals surface area contributed by atoms with Crippen molar-refractivity contribution in [2.75, 3.05) is 12.4 Å². The Labute approximate surface area is 104 Å². The van der Waals surface area contributed by atoms with Crippen LogP contribution in [0.15, 0.2) is 28.6 Å². The number of hydrogen-bond donors (Lipinski definition) is 1. The quantitative estimate of drug-likeness (QED) is 0.838. The molecule has 0 aliphatic carbocycles. The van der Waals surface area contributed by atoms with Gasteiger partial charge in [0, 0.05) is 25.0 Å². The molecule has 0 aliphatic heterocycles. The van der Waals surface area contributed by atoms with Crippen molar-refractivity contribution >= 4 is 17.6 Å². The van der Waals surface area contributed by atoms with Crippen molar-refractivity contribution in [2.45, 2.75) is 23.9 Å². The van der Waals surface area contributed by atoms with Crippen LogP contribution in [0.4, 0.5) is 5.82 Å². The van der Waals surface area contributed by atoms with Crippen molar-refractivity contribution in [3.63, 3.8) is 0 Å². The number of aromatic nitrogens is 4. The fourth-order valence-electron chi connectivity index (χ4n) is 1.38. The summed E-state index contributed by atoms with van der Waals surface area (Å²) >= 11 is 1.49. The Bertz CT molecular complexity index is 515. The van der Waals surface area contributed by atoms with E-state index in [-0.39, 0.29) is 0 Å². The van der Waals surface area contributed by atoms with Gasteiger partial charge in [0.2, 0.25) is 0 Å². The molecule has 88 valence electrons. The van der Waals surface area contributed by atoms with Crippen molar-refractivity contribution in [3.8, 4) is 0 Å². The van der Waals surface area contributed by atoms with Gasteiger partial charge >= 0.3 is 0 Å². The summed E-state index contributed by atoms with van der Waals surface area (Å²) in [5.41, 5.74) is 1.02. The van der Waals surface area contributed by atoms with Crippen molar-refractivity contribution in [2.24, 2.45) is 0 Å². The summed E-state index contributed by atoms with van der Waals surface area (Å²) in [4.78, 5) is 17.0. The van der Waals surface area contributed by atoms with Crippen molar-refractivity contribution in [3.05, 3.63) is 30.0 Å². The van der Waals surface area contributed by atoms with Gasteiger partial charge < -0.3 is 5.32 Å². The normalized spacial score (nSPS) is 10.3. The highest BCUT2D eigenvalue weighted by atomic mass is 32.2. The third-order valence-electron chi connectivity index (χ3n) is 2.19. The van der Waals surface area contributed by atoms with Crippen LogP contribution in [0.2, 0.25) is 0 Å². The average Bonchev–Trinajstić information content (AvgIpc) is 2.34. The van der Waals surface area contributed by atoms with Crippen molar-refractivity contribution < 1.29 is 0 Å².